The standard InChI is InChI=1S/C7H10.C6H8F6O2/c1-2-7-4-3-6(1)5-7;1-3-13-14-6(11,12)5(9,10)4(2,7)8/h1-2,6-7H,3-5H2;3H2,1-2H3. The highest BCUT2D eigenvalue weighted by atomic mass is 19.3. The van der Waals surface area contributed by atoms with Crippen LogP contribution in [0.2, 0.25) is 0 Å². The zero-order valence-electron chi connectivity index (χ0n) is 11.7. The first-order chi connectivity index (χ1) is 9.51. The summed E-state index contributed by atoms with van der Waals surface area (Å²) in [5, 5.41) is 0. The monoisotopic (exact) mass is 320 g/mol. The van der Waals surface area contributed by atoms with E-state index in [1.54, 1.807) is 0 Å². The Bertz CT molecular complexity index is 352. The van der Waals surface area contributed by atoms with Crippen molar-refractivity contribution >= 4 is 0 Å². The Morgan fingerprint density at radius 2 is 1.48 bits per heavy atom. The van der Waals surface area contributed by atoms with Gasteiger partial charge in [-0.05, 0) is 38.0 Å². The minimum absolute atomic E-state index is 0.337. The molecule has 2 aliphatic carbocycles. The normalized spacial score (nSPS) is 25.0. The van der Waals surface area contributed by atoms with Crippen LogP contribution >= 0.6 is 0 Å². The zero-order chi connectivity index (χ0) is 16.3. The van der Waals surface area contributed by atoms with Crippen molar-refractivity contribution in [3.8, 4) is 0 Å². The predicted molar refractivity (Wildman–Crippen MR) is 63.2 cm³/mol. The summed E-state index contributed by atoms with van der Waals surface area (Å²) in [6.07, 6.45) is 3.81. The van der Waals surface area contributed by atoms with Crippen molar-refractivity contribution in [3.63, 3.8) is 0 Å². The van der Waals surface area contributed by atoms with E-state index in [1.807, 2.05) is 0 Å². The van der Waals surface area contributed by atoms with E-state index in [1.165, 1.54) is 19.3 Å². The topological polar surface area (TPSA) is 18.5 Å². The van der Waals surface area contributed by atoms with Crippen LogP contribution in [0, 0.1) is 11.8 Å². The lowest BCUT2D eigenvalue weighted by molar-refractivity contribution is -0.502. The Kier molecular flexibility index (Phi) is 5.71. The average Bonchev–Trinajstić information content (AvgIpc) is 3.00. The highest BCUT2D eigenvalue weighted by molar-refractivity contribution is 5.06. The van der Waals surface area contributed by atoms with Crippen molar-refractivity contribution in [3.05, 3.63) is 12.2 Å². The molecule has 0 aromatic heterocycles. The van der Waals surface area contributed by atoms with Gasteiger partial charge >= 0.3 is 18.0 Å². The Balaban J connectivity index is 0.000000255. The van der Waals surface area contributed by atoms with E-state index in [0.717, 1.165) is 18.8 Å². The second-order valence-corrected chi connectivity index (χ2v) is 5.19. The maximum atomic E-state index is 12.3. The molecule has 2 unspecified atom stereocenters. The number of halogens is 6. The molecule has 1 saturated carbocycles. The van der Waals surface area contributed by atoms with Gasteiger partial charge in [0.2, 0.25) is 0 Å². The number of alkyl halides is 6. The quantitative estimate of drug-likeness (QED) is 0.313. The molecule has 21 heavy (non-hydrogen) atoms. The predicted octanol–water partition coefficient (Wildman–Crippen LogP) is 4.81. The molecule has 0 N–H and O–H groups in total. The van der Waals surface area contributed by atoms with Crippen LogP contribution in [-0.4, -0.2) is 24.6 Å². The number of hydrogen-bond acceptors (Lipinski definition) is 2. The Labute approximate surface area is 119 Å². The van der Waals surface area contributed by atoms with Crippen LogP contribution in [0.4, 0.5) is 26.3 Å². The third-order valence-corrected chi connectivity index (χ3v) is 3.37. The highest BCUT2D eigenvalue weighted by Gasteiger charge is 2.71. The molecule has 0 spiro atoms. The molecule has 124 valence electrons. The van der Waals surface area contributed by atoms with E-state index in [9.17, 15) is 26.3 Å². The molecule has 0 aromatic rings. The summed E-state index contributed by atoms with van der Waals surface area (Å²) in [7, 11) is 0. The summed E-state index contributed by atoms with van der Waals surface area (Å²) >= 11 is 0. The molecule has 0 heterocycles. The van der Waals surface area contributed by atoms with Crippen molar-refractivity contribution < 1.29 is 36.1 Å². The van der Waals surface area contributed by atoms with Crippen molar-refractivity contribution in [2.75, 3.05) is 6.61 Å². The van der Waals surface area contributed by atoms with Gasteiger partial charge in [0.05, 0.1) is 6.61 Å². The maximum Gasteiger partial charge on any atom is 0.451 e. The molecule has 2 nitrogen and oxygen atoms in total. The number of allylic oxidation sites excluding steroid dienone is 2. The first-order valence-corrected chi connectivity index (χ1v) is 6.63. The van der Waals surface area contributed by atoms with E-state index < -0.39 is 24.6 Å². The lowest BCUT2D eigenvalue weighted by atomic mass is 10.1. The molecule has 0 aromatic carbocycles. The van der Waals surface area contributed by atoms with Crippen molar-refractivity contribution in [1.82, 2.24) is 0 Å². The summed E-state index contributed by atoms with van der Waals surface area (Å²) in [5.74, 6) is -8.56. The van der Waals surface area contributed by atoms with Crippen molar-refractivity contribution in [1.29, 1.82) is 0 Å². The van der Waals surface area contributed by atoms with E-state index in [2.05, 4.69) is 21.9 Å². The molecule has 2 rings (SSSR count). The number of hydrogen-bond donors (Lipinski definition) is 0. The lowest BCUT2D eigenvalue weighted by Crippen LogP contribution is -2.53. The first-order valence-electron chi connectivity index (χ1n) is 6.63. The summed E-state index contributed by atoms with van der Waals surface area (Å²) in [6, 6.07) is 0. The van der Waals surface area contributed by atoms with Gasteiger partial charge in [-0.2, -0.15) is 31.2 Å². The van der Waals surface area contributed by atoms with E-state index >= 15 is 0 Å². The molecule has 2 bridgehead atoms. The highest BCUT2D eigenvalue weighted by Crippen LogP contribution is 2.45. The Hall–Kier alpha value is -0.760. The summed E-state index contributed by atoms with van der Waals surface area (Å²) in [5.41, 5.74) is 0. The minimum atomic E-state index is -5.63. The fourth-order valence-electron chi connectivity index (χ4n) is 2.16. The molecule has 0 radical (unpaired) electrons. The molecular formula is C13H18F6O2. The van der Waals surface area contributed by atoms with Crippen LogP contribution < -0.4 is 0 Å². The maximum absolute atomic E-state index is 12.3. The van der Waals surface area contributed by atoms with Gasteiger partial charge in [-0.25, -0.2) is 4.89 Å². The van der Waals surface area contributed by atoms with E-state index in [-0.39, 0.29) is 6.92 Å². The Morgan fingerprint density at radius 1 is 1.00 bits per heavy atom. The van der Waals surface area contributed by atoms with Gasteiger partial charge in [-0.1, -0.05) is 12.2 Å². The third-order valence-electron chi connectivity index (χ3n) is 3.37. The largest absolute Gasteiger partial charge is 0.451 e. The summed E-state index contributed by atoms with van der Waals surface area (Å²) in [4.78, 5) is 6.42. The molecule has 0 amide bonds. The third kappa shape index (κ3) is 4.35. The molecular weight excluding hydrogens is 302 g/mol. The molecule has 1 fully saturated rings. The van der Waals surface area contributed by atoms with Crippen LogP contribution in [-0.2, 0) is 9.78 Å². The van der Waals surface area contributed by atoms with E-state index in [4.69, 9.17) is 0 Å². The van der Waals surface area contributed by atoms with Crippen molar-refractivity contribution in [2.45, 2.75) is 51.1 Å². The van der Waals surface area contributed by atoms with Crippen LogP contribution in [0.5, 0.6) is 0 Å². The SMILES string of the molecule is C1=CC2CCC1C2.CCOOC(F)(F)C(F)(F)C(C)(F)F. The second kappa shape index (κ2) is 6.56. The van der Waals surface area contributed by atoms with Gasteiger partial charge < -0.3 is 0 Å². The van der Waals surface area contributed by atoms with Gasteiger partial charge in [0.1, 0.15) is 0 Å². The minimum Gasteiger partial charge on any atom is -0.231 e. The lowest BCUT2D eigenvalue weighted by Gasteiger charge is -2.28. The molecule has 8 heteroatoms. The van der Waals surface area contributed by atoms with Crippen LogP contribution in [0.3, 0.4) is 0 Å². The number of fused-ring (bicyclic) bond motifs is 2. The van der Waals surface area contributed by atoms with Crippen LogP contribution in [0.15, 0.2) is 12.2 Å². The van der Waals surface area contributed by atoms with Gasteiger partial charge in [-0.15, -0.1) is 0 Å². The van der Waals surface area contributed by atoms with Gasteiger partial charge in [0.25, 0.3) is 0 Å². The van der Waals surface area contributed by atoms with Crippen LogP contribution in [0.25, 0.3) is 0 Å². The summed E-state index contributed by atoms with van der Waals surface area (Å²) in [6.45, 7) is 0.357. The Morgan fingerprint density at radius 3 is 1.71 bits per heavy atom. The molecule has 2 aliphatic rings. The van der Waals surface area contributed by atoms with Gasteiger partial charge in [0, 0.05) is 6.92 Å². The molecule has 0 aliphatic heterocycles. The second-order valence-electron chi connectivity index (χ2n) is 5.19. The fraction of sp³-hybridized carbons (Fsp3) is 0.846. The fourth-order valence-corrected chi connectivity index (χ4v) is 2.16. The summed E-state index contributed by atoms with van der Waals surface area (Å²) < 4.78 is 73.4. The molecule has 2 atom stereocenters. The molecule has 0 saturated heterocycles. The van der Waals surface area contributed by atoms with Crippen molar-refractivity contribution in [2.24, 2.45) is 11.8 Å². The average molecular weight is 320 g/mol. The van der Waals surface area contributed by atoms with Gasteiger partial charge in [-0.3, -0.25) is 0 Å². The van der Waals surface area contributed by atoms with Crippen LogP contribution in [0.1, 0.15) is 33.1 Å². The smallest absolute Gasteiger partial charge is 0.231 e. The number of rotatable bonds is 5. The first kappa shape index (κ1) is 18.3. The zero-order valence-corrected chi connectivity index (χ0v) is 11.7. The van der Waals surface area contributed by atoms with Gasteiger partial charge in [0.15, 0.2) is 0 Å². The van der Waals surface area contributed by atoms with E-state index in [0.29, 0.717) is 0 Å².